The number of rotatable bonds is 11. The van der Waals surface area contributed by atoms with Gasteiger partial charge in [-0.05, 0) is 61.7 Å². The molecule has 0 aromatic heterocycles. The van der Waals surface area contributed by atoms with Crippen LogP contribution in [0.25, 0.3) is 0 Å². The van der Waals surface area contributed by atoms with Gasteiger partial charge >= 0.3 is 5.69 Å². The van der Waals surface area contributed by atoms with E-state index < -0.39 is 4.92 Å². The highest BCUT2D eigenvalue weighted by molar-refractivity contribution is 7.99. The van der Waals surface area contributed by atoms with Crippen LogP contribution in [0.3, 0.4) is 0 Å². The van der Waals surface area contributed by atoms with Crippen molar-refractivity contribution in [2.24, 2.45) is 11.7 Å². The first-order valence-electron chi connectivity index (χ1n) is 11.1. The largest absolute Gasteiger partial charge is 0.490 e. The first-order chi connectivity index (χ1) is 16.4. The molecule has 0 radical (unpaired) electrons. The maximum atomic E-state index is 12.3. The normalized spacial score (nSPS) is 14.5. The molecule has 0 atom stereocenters. The van der Waals surface area contributed by atoms with Crippen molar-refractivity contribution >= 4 is 35.0 Å². The van der Waals surface area contributed by atoms with E-state index in [4.69, 9.17) is 10.5 Å². The summed E-state index contributed by atoms with van der Waals surface area (Å²) in [6.45, 7) is 2.71. The highest BCUT2D eigenvalue weighted by atomic mass is 32.2. The number of nitro benzene ring substituents is 1. The number of carbonyl (C=O) groups is 2. The number of ether oxygens (including phenoxy) is 1. The Bertz CT molecular complexity index is 1010. The van der Waals surface area contributed by atoms with E-state index in [9.17, 15) is 19.7 Å². The number of primary amides is 1. The molecule has 10 heteroatoms. The van der Waals surface area contributed by atoms with Crippen LogP contribution in [0.5, 0.6) is 5.75 Å². The van der Waals surface area contributed by atoms with E-state index in [0.717, 1.165) is 50.1 Å². The number of likely N-dealkylation sites (tertiary alicyclic amines) is 1. The Kier molecular flexibility index (Phi) is 9.29. The highest BCUT2D eigenvalue weighted by Gasteiger charge is 2.22. The van der Waals surface area contributed by atoms with E-state index in [1.807, 2.05) is 24.3 Å². The molecule has 1 heterocycles. The third-order valence-corrected chi connectivity index (χ3v) is 6.89. The number of amides is 2. The predicted molar refractivity (Wildman–Crippen MR) is 133 cm³/mol. The van der Waals surface area contributed by atoms with Gasteiger partial charge in [0.25, 0.3) is 0 Å². The molecule has 182 valence electrons. The molecule has 3 N–H and O–H groups in total. The van der Waals surface area contributed by atoms with Crippen molar-refractivity contribution in [1.29, 1.82) is 0 Å². The number of nitrogens with one attached hydrogen (secondary N) is 1. The van der Waals surface area contributed by atoms with Crippen molar-refractivity contribution in [1.82, 2.24) is 4.90 Å². The number of anilines is 1. The number of carbonyl (C=O) groups excluding carboxylic acids is 2. The first kappa shape index (κ1) is 25.5. The second-order valence-corrected chi connectivity index (χ2v) is 9.26. The monoisotopic (exact) mass is 486 g/mol. The number of benzene rings is 2. The average molecular weight is 487 g/mol. The van der Waals surface area contributed by atoms with Crippen molar-refractivity contribution in [3.05, 3.63) is 63.7 Å². The summed E-state index contributed by atoms with van der Waals surface area (Å²) < 4.78 is 5.01. The molecular formula is C24H30N4O5S. The van der Waals surface area contributed by atoms with Gasteiger partial charge in [-0.2, -0.15) is 0 Å². The van der Waals surface area contributed by atoms with Crippen LogP contribution in [0.15, 0.2) is 42.5 Å². The summed E-state index contributed by atoms with van der Waals surface area (Å²) in [6.07, 6.45) is 2.56. The number of piperidine rings is 1. The van der Waals surface area contributed by atoms with Crippen LogP contribution in [0.4, 0.5) is 11.4 Å². The zero-order valence-corrected chi connectivity index (χ0v) is 20.0. The van der Waals surface area contributed by atoms with E-state index in [2.05, 4.69) is 10.2 Å². The van der Waals surface area contributed by atoms with Crippen LogP contribution >= 0.6 is 11.8 Å². The Morgan fingerprint density at radius 1 is 1.18 bits per heavy atom. The van der Waals surface area contributed by atoms with Crippen molar-refractivity contribution in [3.8, 4) is 5.75 Å². The molecule has 2 aromatic rings. The lowest BCUT2D eigenvalue weighted by Gasteiger charge is -2.30. The molecule has 1 saturated heterocycles. The standard InChI is InChI=1S/C24H30N4O5S/c1-33-22-7-4-18(14-21(22)28(31)32)15-34-16-23(29)26-20-5-2-17(3-6-20)8-11-27-12-9-19(10-13-27)24(25)30/h2-7,14,19H,8-13,15-16H2,1H3,(H2,25,30)(H,26,29). The molecule has 9 nitrogen and oxygen atoms in total. The molecule has 0 spiro atoms. The third-order valence-electron chi connectivity index (χ3n) is 5.89. The average Bonchev–Trinajstić information content (AvgIpc) is 2.83. The van der Waals surface area contributed by atoms with Crippen molar-refractivity contribution in [2.75, 3.05) is 37.8 Å². The molecule has 0 saturated carbocycles. The van der Waals surface area contributed by atoms with Gasteiger partial charge in [0.15, 0.2) is 5.75 Å². The lowest BCUT2D eigenvalue weighted by Crippen LogP contribution is -2.39. The van der Waals surface area contributed by atoms with Crippen LogP contribution in [-0.4, -0.2) is 54.1 Å². The third kappa shape index (κ3) is 7.46. The Morgan fingerprint density at radius 3 is 2.47 bits per heavy atom. The first-order valence-corrected chi connectivity index (χ1v) is 12.3. The number of hydrogen-bond acceptors (Lipinski definition) is 7. The zero-order chi connectivity index (χ0) is 24.5. The summed E-state index contributed by atoms with van der Waals surface area (Å²) >= 11 is 1.39. The molecule has 34 heavy (non-hydrogen) atoms. The summed E-state index contributed by atoms with van der Waals surface area (Å²) in [6, 6.07) is 12.6. The highest BCUT2D eigenvalue weighted by Crippen LogP contribution is 2.29. The summed E-state index contributed by atoms with van der Waals surface area (Å²) in [5.41, 5.74) is 7.98. The Labute approximate surface area is 203 Å². The van der Waals surface area contributed by atoms with E-state index >= 15 is 0 Å². The molecule has 1 aliphatic rings. The number of thioether (sulfide) groups is 1. The zero-order valence-electron chi connectivity index (χ0n) is 19.2. The number of nitrogens with two attached hydrogens (primary N) is 1. The van der Waals surface area contributed by atoms with Crippen molar-refractivity contribution in [2.45, 2.75) is 25.0 Å². The Balaban J connectivity index is 1.39. The van der Waals surface area contributed by atoms with Crippen LogP contribution in [-0.2, 0) is 21.8 Å². The van der Waals surface area contributed by atoms with Crippen LogP contribution in [0, 0.1) is 16.0 Å². The predicted octanol–water partition coefficient (Wildman–Crippen LogP) is 3.22. The van der Waals surface area contributed by atoms with Gasteiger partial charge in [-0.3, -0.25) is 19.7 Å². The minimum atomic E-state index is -0.477. The number of nitro groups is 1. The molecule has 2 amide bonds. The summed E-state index contributed by atoms with van der Waals surface area (Å²) in [5.74, 6) is 0.620. The fourth-order valence-corrected chi connectivity index (χ4v) is 4.68. The van der Waals surface area contributed by atoms with Gasteiger partial charge in [0.2, 0.25) is 11.8 Å². The van der Waals surface area contributed by atoms with Gasteiger partial charge in [-0.1, -0.05) is 18.2 Å². The quantitative estimate of drug-likeness (QED) is 0.369. The second kappa shape index (κ2) is 12.4. The molecule has 1 aliphatic heterocycles. The number of nitrogens with zero attached hydrogens (tertiary/aromatic N) is 2. The summed E-state index contributed by atoms with van der Waals surface area (Å²) in [7, 11) is 1.39. The molecule has 2 aromatic carbocycles. The molecule has 3 rings (SSSR count). The van der Waals surface area contributed by atoms with Crippen molar-refractivity contribution in [3.63, 3.8) is 0 Å². The summed E-state index contributed by atoms with van der Waals surface area (Å²) in [5, 5.41) is 14.0. The van der Waals surface area contributed by atoms with Crippen LogP contribution < -0.4 is 15.8 Å². The fourth-order valence-electron chi connectivity index (χ4n) is 3.91. The SMILES string of the molecule is COc1ccc(CSCC(=O)Nc2ccc(CCN3CCC(C(N)=O)CC3)cc2)cc1[N+](=O)[O-]. The van der Waals surface area contributed by atoms with Gasteiger partial charge in [0.1, 0.15) is 0 Å². The van der Waals surface area contributed by atoms with E-state index in [0.29, 0.717) is 5.75 Å². The number of methoxy groups -OCH3 is 1. The molecule has 0 aliphatic carbocycles. The van der Waals surface area contributed by atoms with E-state index in [1.54, 1.807) is 12.1 Å². The van der Waals surface area contributed by atoms with Gasteiger partial charge in [0, 0.05) is 30.0 Å². The smallest absolute Gasteiger partial charge is 0.311 e. The van der Waals surface area contributed by atoms with Gasteiger partial charge < -0.3 is 20.7 Å². The lowest BCUT2D eigenvalue weighted by atomic mass is 9.96. The van der Waals surface area contributed by atoms with Crippen LogP contribution in [0.1, 0.15) is 24.0 Å². The molecule has 1 fully saturated rings. The Morgan fingerprint density at radius 2 is 1.85 bits per heavy atom. The van der Waals surface area contributed by atoms with Gasteiger partial charge in [-0.25, -0.2) is 0 Å². The minimum absolute atomic E-state index is 0.00651. The lowest BCUT2D eigenvalue weighted by molar-refractivity contribution is -0.385. The van der Waals surface area contributed by atoms with Gasteiger partial charge in [0.05, 0.1) is 17.8 Å². The Hall–Kier alpha value is -3.11. The summed E-state index contributed by atoms with van der Waals surface area (Å²) in [4.78, 5) is 36.6. The molecule has 0 bridgehead atoms. The minimum Gasteiger partial charge on any atom is -0.490 e. The maximum absolute atomic E-state index is 12.3. The second-order valence-electron chi connectivity index (χ2n) is 8.27. The molecular weight excluding hydrogens is 456 g/mol. The number of hydrogen-bond donors (Lipinski definition) is 2. The van der Waals surface area contributed by atoms with E-state index in [-0.39, 0.29) is 34.9 Å². The van der Waals surface area contributed by atoms with E-state index in [1.165, 1.54) is 30.5 Å². The fraction of sp³-hybridized carbons (Fsp3) is 0.417. The maximum Gasteiger partial charge on any atom is 0.311 e. The molecule has 0 unspecified atom stereocenters. The van der Waals surface area contributed by atoms with Gasteiger partial charge in [-0.15, -0.1) is 11.8 Å². The van der Waals surface area contributed by atoms with Crippen molar-refractivity contribution < 1.29 is 19.2 Å². The van der Waals surface area contributed by atoms with Crippen LogP contribution in [0.2, 0.25) is 0 Å². The topological polar surface area (TPSA) is 128 Å².